The minimum absolute atomic E-state index is 0.454. The minimum Gasteiger partial charge on any atom is -0.389 e. The van der Waals surface area contributed by atoms with Crippen LogP contribution < -0.4 is 0 Å². The molecule has 0 fully saturated rings. The normalized spacial score (nSPS) is 16.3. The molecule has 0 aliphatic carbocycles. The predicted octanol–water partition coefficient (Wildman–Crippen LogP) is 3.97. The molecular weight excluding hydrogens is 350 g/mol. The number of nitrogens with zero attached hydrogens (tertiary/aromatic N) is 3. The highest BCUT2D eigenvalue weighted by Crippen LogP contribution is 2.35. The molecule has 1 aliphatic heterocycles. The van der Waals surface area contributed by atoms with E-state index < -0.39 is 6.10 Å². The number of rotatable bonds is 3. The lowest BCUT2D eigenvalue weighted by Crippen LogP contribution is -2.02. The summed E-state index contributed by atoms with van der Waals surface area (Å²) in [5.41, 5.74) is 0.909. The van der Waals surface area contributed by atoms with E-state index in [-0.39, 0.29) is 0 Å². The Morgan fingerprint density at radius 3 is 2.90 bits per heavy atom. The van der Waals surface area contributed by atoms with Crippen LogP contribution in [-0.2, 0) is 13.0 Å². The summed E-state index contributed by atoms with van der Waals surface area (Å²) in [4.78, 5) is 1.10. The van der Waals surface area contributed by atoms with Crippen molar-refractivity contribution in [2.45, 2.75) is 55.3 Å². The summed E-state index contributed by atoms with van der Waals surface area (Å²) in [6, 6.07) is 5.94. The van der Waals surface area contributed by atoms with Gasteiger partial charge in [-0.15, -0.1) is 10.2 Å². The quantitative estimate of drug-likeness (QED) is 0.891. The molecule has 1 aliphatic rings. The van der Waals surface area contributed by atoms with Crippen molar-refractivity contribution in [1.82, 2.24) is 14.8 Å². The van der Waals surface area contributed by atoms with Crippen LogP contribution >= 0.6 is 27.7 Å². The number of halogens is 1. The Morgan fingerprint density at radius 2 is 2.14 bits per heavy atom. The second-order valence-corrected chi connectivity index (χ2v) is 7.19. The first kappa shape index (κ1) is 15.1. The van der Waals surface area contributed by atoms with Gasteiger partial charge in [-0.3, -0.25) is 0 Å². The lowest BCUT2D eigenvalue weighted by Gasteiger charge is -2.10. The van der Waals surface area contributed by atoms with Crippen molar-refractivity contribution < 1.29 is 5.11 Å². The van der Waals surface area contributed by atoms with Gasteiger partial charge in [0.25, 0.3) is 0 Å². The molecule has 2 aromatic rings. The van der Waals surface area contributed by atoms with Gasteiger partial charge in [-0.2, -0.15) is 0 Å². The van der Waals surface area contributed by atoms with E-state index >= 15 is 0 Å². The van der Waals surface area contributed by atoms with Crippen LogP contribution in [0.1, 0.15) is 43.7 Å². The van der Waals surface area contributed by atoms with Crippen LogP contribution in [-0.4, -0.2) is 19.9 Å². The van der Waals surface area contributed by atoms with E-state index in [1.165, 1.54) is 19.3 Å². The zero-order valence-corrected chi connectivity index (χ0v) is 14.3. The van der Waals surface area contributed by atoms with Crippen molar-refractivity contribution >= 4 is 27.7 Å². The van der Waals surface area contributed by atoms with Crippen LogP contribution in [0.5, 0.6) is 0 Å². The van der Waals surface area contributed by atoms with Crippen molar-refractivity contribution in [3.8, 4) is 0 Å². The molecule has 0 amide bonds. The molecular formula is C15H18BrN3OS. The van der Waals surface area contributed by atoms with Gasteiger partial charge in [0, 0.05) is 22.3 Å². The molecule has 6 heteroatoms. The standard InChI is InChI=1S/C15H18BrN3OS/c1-10(20)11-6-7-13(12(16)9-11)21-15-18-17-14-5-3-2-4-8-19(14)15/h6-7,9-10,20H,2-5,8H2,1H3/t10-/m0/s1. The van der Waals surface area contributed by atoms with Gasteiger partial charge in [0.2, 0.25) is 0 Å². The van der Waals surface area contributed by atoms with E-state index in [1.807, 2.05) is 18.2 Å². The molecule has 0 spiro atoms. The maximum absolute atomic E-state index is 9.63. The Morgan fingerprint density at radius 1 is 1.29 bits per heavy atom. The molecule has 0 saturated heterocycles. The van der Waals surface area contributed by atoms with Gasteiger partial charge in [-0.05, 0) is 65.2 Å². The molecule has 112 valence electrons. The average molecular weight is 368 g/mol. The maximum Gasteiger partial charge on any atom is 0.196 e. The third-order valence-electron chi connectivity index (χ3n) is 3.72. The molecule has 3 rings (SSSR count). The Bertz CT molecular complexity index is 642. The molecule has 0 radical (unpaired) electrons. The number of aliphatic hydroxyl groups excluding tert-OH is 1. The van der Waals surface area contributed by atoms with E-state index in [4.69, 9.17) is 0 Å². The Kier molecular flexibility index (Phi) is 4.66. The van der Waals surface area contributed by atoms with Gasteiger partial charge >= 0.3 is 0 Å². The number of aromatic nitrogens is 3. The van der Waals surface area contributed by atoms with Crippen molar-refractivity contribution in [2.75, 3.05) is 0 Å². The maximum atomic E-state index is 9.63. The molecule has 2 heterocycles. The highest BCUT2D eigenvalue weighted by molar-refractivity contribution is 9.10. The molecule has 1 aromatic heterocycles. The van der Waals surface area contributed by atoms with Gasteiger partial charge in [0.05, 0.1) is 6.10 Å². The Balaban J connectivity index is 1.85. The zero-order chi connectivity index (χ0) is 14.8. The van der Waals surface area contributed by atoms with E-state index in [0.717, 1.165) is 38.9 Å². The minimum atomic E-state index is -0.454. The molecule has 4 nitrogen and oxygen atoms in total. The second kappa shape index (κ2) is 6.50. The van der Waals surface area contributed by atoms with Crippen LogP contribution in [0.15, 0.2) is 32.7 Å². The van der Waals surface area contributed by atoms with Crippen LogP contribution in [0.3, 0.4) is 0 Å². The summed E-state index contributed by atoms with van der Waals surface area (Å²) in [7, 11) is 0. The molecule has 1 aromatic carbocycles. The smallest absolute Gasteiger partial charge is 0.196 e. The average Bonchev–Trinajstić information content (AvgIpc) is 2.69. The summed E-state index contributed by atoms with van der Waals surface area (Å²) < 4.78 is 3.23. The third kappa shape index (κ3) is 3.33. The molecule has 1 atom stereocenters. The lowest BCUT2D eigenvalue weighted by atomic mass is 10.1. The highest BCUT2D eigenvalue weighted by Gasteiger charge is 2.16. The number of fused-ring (bicyclic) bond motifs is 1. The van der Waals surface area contributed by atoms with E-state index in [2.05, 4.69) is 30.7 Å². The Labute approximate surface area is 137 Å². The van der Waals surface area contributed by atoms with E-state index in [9.17, 15) is 5.11 Å². The summed E-state index contributed by atoms with van der Waals surface area (Å²) in [6.07, 6.45) is 4.23. The summed E-state index contributed by atoms with van der Waals surface area (Å²) >= 11 is 5.21. The SMILES string of the molecule is C[C@H](O)c1ccc(Sc2nnc3n2CCCCC3)c(Br)c1. The van der Waals surface area contributed by atoms with E-state index in [1.54, 1.807) is 18.7 Å². The zero-order valence-electron chi connectivity index (χ0n) is 11.9. The van der Waals surface area contributed by atoms with Crippen molar-refractivity contribution in [2.24, 2.45) is 0 Å². The van der Waals surface area contributed by atoms with Crippen molar-refractivity contribution in [3.05, 3.63) is 34.1 Å². The molecule has 1 N–H and O–H groups in total. The fourth-order valence-electron chi connectivity index (χ4n) is 2.49. The Hall–Kier alpha value is -0.850. The molecule has 0 bridgehead atoms. The van der Waals surface area contributed by atoms with Crippen LogP contribution in [0.4, 0.5) is 0 Å². The van der Waals surface area contributed by atoms with Gasteiger partial charge in [0.1, 0.15) is 5.82 Å². The van der Waals surface area contributed by atoms with Crippen LogP contribution in [0, 0.1) is 0 Å². The fourth-order valence-corrected chi connectivity index (χ4v) is 4.01. The van der Waals surface area contributed by atoms with Crippen molar-refractivity contribution in [1.29, 1.82) is 0 Å². The van der Waals surface area contributed by atoms with Crippen LogP contribution in [0.2, 0.25) is 0 Å². The largest absolute Gasteiger partial charge is 0.389 e. The summed E-state index contributed by atoms with van der Waals surface area (Å²) in [6.45, 7) is 2.78. The van der Waals surface area contributed by atoms with Gasteiger partial charge in [0.15, 0.2) is 5.16 Å². The first-order valence-electron chi connectivity index (χ1n) is 7.22. The second-order valence-electron chi connectivity index (χ2n) is 5.33. The fraction of sp³-hybridized carbons (Fsp3) is 0.467. The predicted molar refractivity (Wildman–Crippen MR) is 86.5 cm³/mol. The third-order valence-corrected chi connectivity index (χ3v) is 5.69. The van der Waals surface area contributed by atoms with Gasteiger partial charge in [-0.25, -0.2) is 0 Å². The highest BCUT2D eigenvalue weighted by atomic mass is 79.9. The number of hydrogen-bond acceptors (Lipinski definition) is 4. The number of hydrogen-bond donors (Lipinski definition) is 1. The number of aryl methyl sites for hydroxylation is 1. The lowest BCUT2D eigenvalue weighted by molar-refractivity contribution is 0.199. The summed E-state index contributed by atoms with van der Waals surface area (Å²) in [5, 5.41) is 19.3. The van der Waals surface area contributed by atoms with Gasteiger partial charge in [-0.1, -0.05) is 12.5 Å². The molecule has 0 unspecified atom stereocenters. The first-order valence-corrected chi connectivity index (χ1v) is 8.83. The number of aliphatic hydroxyl groups is 1. The van der Waals surface area contributed by atoms with Gasteiger partial charge < -0.3 is 9.67 Å². The topological polar surface area (TPSA) is 50.9 Å². The first-order chi connectivity index (χ1) is 10.1. The number of benzene rings is 1. The molecule has 0 saturated carbocycles. The van der Waals surface area contributed by atoms with Crippen molar-refractivity contribution in [3.63, 3.8) is 0 Å². The monoisotopic (exact) mass is 367 g/mol. The van der Waals surface area contributed by atoms with Crippen LogP contribution in [0.25, 0.3) is 0 Å². The van der Waals surface area contributed by atoms with E-state index in [0.29, 0.717) is 0 Å². The molecule has 21 heavy (non-hydrogen) atoms. The summed E-state index contributed by atoms with van der Waals surface area (Å²) in [5.74, 6) is 1.10.